The molecule has 1 aliphatic carbocycles. The molecule has 0 bridgehead atoms. The molecule has 30 heavy (non-hydrogen) atoms. The van der Waals surface area contributed by atoms with Gasteiger partial charge in [-0.1, -0.05) is 19.3 Å². The molecule has 3 aliphatic heterocycles. The lowest BCUT2D eigenvalue weighted by molar-refractivity contribution is -0.137. The fourth-order valence-corrected chi connectivity index (χ4v) is 5.88. The van der Waals surface area contributed by atoms with Gasteiger partial charge in [0.25, 0.3) is 5.56 Å². The number of hydrogen-bond donors (Lipinski definition) is 1. The van der Waals surface area contributed by atoms with Crippen molar-refractivity contribution in [3.05, 3.63) is 27.4 Å². The quantitative estimate of drug-likeness (QED) is 0.822. The molecule has 7 nitrogen and oxygen atoms in total. The van der Waals surface area contributed by atoms with Gasteiger partial charge in [-0.05, 0) is 38.5 Å². The molecule has 2 saturated heterocycles. The van der Waals surface area contributed by atoms with Gasteiger partial charge in [0.2, 0.25) is 5.91 Å². The number of likely N-dealkylation sites (tertiary alicyclic amines) is 1. The zero-order valence-electron chi connectivity index (χ0n) is 17.9. The second-order valence-corrected chi connectivity index (χ2v) is 9.47. The maximum absolute atomic E-state index is 13.2. The van der Waals surface area contributed by atoms with Crippen LogP contribution < -0.4 is 5.56 Å². The highest BCUT2D eigenvalue weighted by Crippen LogP contribution is 2.34. The molecule has 164 valence electrons. The third kappa shape index (κ3) is 3.94. The average Bonchev–Trinajstić information content (AvgIpc) is 3.29. The lowest BCUT2D eigenvalue weighted by atomic mass is 9.88. The standard InChI is InChI=1S/C23H34N4O3/c28-22-18-15-26(17-9-13-30-14-10-17)12-8-19(18)24-21(25-22)20-7-4-11-27(20)23(29)16-5-2-1-3-6-16/h16-17,20H,1-15H2,(H,24,25,28)/t20-/m1/s1. The molecule has 4 heterocycles. The molecule has 3 fully saturated rings. The van der Waals surface area contributed by atoms with Gasteiger partial charge in [-0.25, -0.2) is 4.98 Å². The van der Waals surface area contributed by atoms with Crippen LogP contribution >= 0.6 is 0 Å². The number of H-pyrrole nitrogens is 1. The number of aromatic amines is 1. The third-order valence-corrected chi connectivity index (χ3v) is 7.63. The second-order valence-electron chi connectivity index (χ2n) is 9.47. The van der Waals surface area contributed by atoms with Crippen molar-refractivity contribution in [3.8, 4) is 0 Å². The van der Waals surface area contributed by atoms with Crippen molar-refractivity contribution in [2.75, 3.05) is 26.3 Å². The first kappa shape index (κ1) is 20.2. The Labute approximate surface area is 178 Å². The average molecular weight is 415 g/mol. The van der Waals surface area contributed by atoms with Gasteiger partial charge in [-0.15, -0.1) is 0 Å². The second kappa shape index (κ2) is 8.79. The van der Waals surface area contributed by atoms with E-state index in [9.17, 15) is 9.59 Å². The van der Waals surface area contributed by atoms with E-state index in [1.165, 1.54) is 6.42 Å². The summed E-state index contributed by atoms with van der Waals surface area (Å²) < 4.78 is 5.49. The van der Waals surface area contributed by atoms with Crippen molar-refractivity contribution >= 4 is 5.91 Å². The first-order chi connectivity index (χ1) is 14.7. The SMILES string of the molecule is O=C(C1CCCCC1)N1CCC[C@@H]1c1nc2c(c(=O)[nH]1)CN(C1CCOCC1)CC2. The number of fused-ring (bicyclic) bond motifs is 1. The van der Waals surface area contributed by atoms with E-state index in [0.717, 1.165) is 95.3 Å². The van der Waals surface area contributed by atoms with Crippen LogP contribution in [-0.4, -0.2) is 58.0 Å². The lowest BCUT2D eigenvalue weighted by Gasteiger charge is -2.37. The summed E-state index contributed by atoms with van der Waals surface area (Å²) >= 11 is 0. The van der Waals surface area contributed by atoms with Gasteiger partial charge in [0.15, 0.2) is 0 Å². The number of amides is 1. The highest BCUT2D eigenvalue weighted by Gasteiger charge is 2.36. The summed E-state index contributed by atoms with van der Waals surface area (Å²) in [5.41, 5.74) is 1.75. The molecule has 1 amide bonds. The molecule has 0 aromatic carbocycles. The summed E-state index contributed by atoms with van der Waals surface area (Å²) in [6, 6.07) is 0.440. The molecule has 1 aromatic heterocycles. The Morgan fingerprint density at radius 3 is 2.60 bits per heavy atom. The molecular formula is C23H34N4O3. The molecular weight excluding hydrogens is 380 g/mol. The van der Waals surface area contributed by atoms with Crippen LogP contribution in [0.3, 0.4) is 0 Å². The minimum atomic E-state index is -0.0639. The highest BCUT2D eigenvalue weighted by atomic mass is 16.5. The molecule has 5 rings (SSSR count). The van der Waals surface area contributed by atoms with Crippen molar-refractivity contribution in [1.82, 2.24) is 19.8 Å². The largest absolute Gasteiger partial charge is 0.381 e. The summed E-state index contributed by atoms with van der Waals surface area (Å²) in [5, 5.41) is 0. The smallest absolute Gasteiger partial charge is 0.255 e. The lowest BCUT2D eigenvalue weighted by Crippen LogP contribution is -2.45. The Bertz CT molecular complexity index is 826. The van der Waals surface area contributed by atoms with E-state index in [-0.39, 0.29) is 23.4 Å². The molecule has 0 spiro atoms. The van der Waals surface area contributed by atoms with E-state index in [0.29, 0.717) is 18.4 Å². The Balaban J connectivity index is 1.34. The van der Waals surface area contributed by atoms with E-state index in [2.05, 4.69) is 9.88 Å². The van der Waals surface area contributed by atoms with Crippen molar-refractivity contribution < 1.29 is 9.53 Å². The van der Waals surface area contributed by atoms with Crippen LogP contribution in [-0.2, 0) is 22.5 Å². The van der Waals surface area contributed by atoms with Crippen molar-refractivity contribution in [3.63, 3.8) is 0 Å². The van der Waals surface area contributed by atoms with Gasteiger partial charge in [0.1, 0.15) is 5.82 Å². The maximum atomic E-state index is 13.2. The normalized spacial score (nSPS) is 26.7. The van der Waals surface area contributed by atoms with Gasteiger partial charge in [0, 0.05) is 51.2 Å². The third-order valence-electron chi connectivity index (χ3n) is 7.63. The Morgan fingerprint density at radius 1 is 1.00 bits per heavy atom. The zero-order chi connectivity index (χ0) is 20.5. The molecule has 0 unspecified atom stereocenters. The van der Waals surface area contributed by atoms with Crippen LogP contribution in [0.2, 0.25) is 0 Å². The van der Waals surface area contributed by atoms with Crippen molar-refractivity contribution in [1.29, 1.82) is 0 Å². The number of hydrogen-bond acceptors (Lipinski definition) is 5. The summed E-state index contributed by atoms with van der Waals surface area (Å²) in [6.45, 7) is 4.04. The summed E-state index contributed by atoms with van der Waals surface area (Å²) in [7, 11) is 0. The van der Waals surface area contributed by atoms with E-state index < -0.39 is 0 Å². The zero-order valence-corrected chi connectivity index (χ0v) is 17.9. The fourth-order valence-electron chi connectivity index (χ4n) is 5.88. The van der Waals surface area contributed by atoms with Crippen LogP contribution in [0.15, 0.2) is 4.79 Å². The number of carbonyl (C=O) groups is 1. The van der Waals surface area contributed by atoms with Gasteiger partial charge >= 0.3 is 0 Å². The summed E-state index contributed by atoms with van der Waals surface area (Å²) in [4.78, 5) is 38.6. The summed E-state index contributed by atoms with van der Waals surface area (Å²) in [6.07, 6.45) is 10.4. The van der Waals surface area contributed by atoms with Gasteiger partial charge in [-0.3, -0.25) is 14.5 Å². The number of nitrogens with zero attached hydrogens (tertiary/aromatic N) is 3. The molecule has 1 atom stereocenters. The van der Waals surface area contributed by atoms with E-state index in [4.69, 9.17) is 9.72 Å². The van der Waals surface area contributed by atoms with Gasteiger partial charge in [0.05, 0.1) is 17.3 Å². The predicted octanol–water partition coefficient (Wildman–Crippen LogP) is 2.55. The topological polar surface area (TPSA) is 78.5 Å². The Hall–Kier alpha value is -1.73. The minimum absolute atomic E-state index is 0.0104. The molecule has 1 aromatic rings. The molecule has 4 aliphatic rings. The minimum Gasteiger partial charge on any atom is -0.381 e. The van der Waals surface area contributed by atoms with Crippen molar-refractivity contribution in [2.24, 2.45) is 5.92 Å². The molecule has 1 N–H and O–H groups in total. The maximum Gasteiger partial charge on any atom is 0.255 e. The van der Waals surface area contributed by atoms with Crippen LogP contribution in [0.4, 0.5) is 0 Å². The Kier molecular flexibility index (Phi) is 5.92. The van der Waals surface area contributed by atoms with Crippen LogP contribution in [0.1, 0.15) is 80.9 Å². The molecule has 7 heteroatoms. The first-order valence-electron chi connectivity index (χ1n) is 11.9. The van der Waals surface area contributed by atoms with Crippen molar-refractivity contribution in [2.45, 2.75) is 82.8 Å². The fraction of sp³-hybridized carbons (Fsp3) is 0.783. The highest BCUT2D eigenvalue weighted by molar-refractivity contribution is 5.79. The van der Waals surface area contributed by atoms with Gasteiger partial charge in [-0.2, -0.15) is 0 Å². The van der Waals surface area contributed by atoms with Crippen LogP contribution in [0.25, 0.3) is 0 Å². The van der Waals surface area contributed by atoms with E-state index >= 15 is 0 Å². The molecule has 1 saturated carbocycles. The van der Waals surface area contributed by atoms with E-state index in [1.54, 1.807) is 0 Å². The Morgan fingerprint density at radius 2 is 1.80 bits per heavy atom. The van der Waals surface area contributed by atoms with Gasteiger partial charge < -0.3 is 14.6 Å². The monoisotopic (exact) mass is 414 g/mol. The van der Waals surface area contributed by atoms with E-state index in [1.807, 2.05) is 4.90 Å². The number of ether oxygens (including phenoxy) is 1. The number of rotatable bonds is 3. The first-order valence-corrected chi connectivity index (χ1v) is 11.9. The predicted molar refractivity (Wildman–Crippen MR) is 113 cm³/mol. The van der Waals surface area contributed by atoms with Crippen LogP contribution in [0, 0.1) is 5.92 Å². The number of nitrogens with one attached hydrogen (secondary N) is 1. The molecule has 0 radical (unpaired) electrons. The number of carbonyl (C=O) groups excluding carboxylic acids is 1. The number of aromatic nitrogens is 2. The summed E-state index contributed by atoms with van der Waals surface area (Å²) in [5.74, 6) is 1.15. The van der Waals surface area contributed by atoms with Crippen LogP contribution in [0.5, 0.6) is 0 Å².